The summed E-state index contributed by atoms with van der Waals surface area (Å²) in [5, 5.41) is 11.4. The molecule has 1 aromatic rings. The van der Waals surface area contributed by atoms with Crippen LogP contribution in [0.15, 0.2) is 0 Å². The molecule has 4 rings (SSSR count). The third-order valence-corrected chi connectivity index (χ3v) is 20.4. The summed E-state index contributed by atoms with van der Waals surface area (Å²) >= 11 is 0. The van der Waals surface area contributed by atoms with Crippen LogP contribution in [0.25, 0.3) is 0 Å². The summed E-state index contributed by atoms with van der Waals surface area (Å²) in [6.07, 6.45) is 3.65. The van der Waals surface area contributed by atoms with Crippen molar-refractivity contribution in [2.45, 2.75) is 255 Å². The van der Waals surface area contributed by atoms with E-state index in [9.17, 15) is 65.1 Å². The van der Waals surface area contributed by atoms with Gasteiger partial charge in [0.2, 0.25) is 58.5 Å². The summed E-state index contributed by atoms with van der Waals surface area (Å²) in [4.78, 5) is 115. The van der Waals surface area contributed by atoms with Crippen molar-refractivity contribution in [3.63, 3.8) is 0 Å². The van der Waals surface area contributed by atoms with Crippen LogP contribution in [-0.4, -0.2) is 156 Å². The van der Waals surface area contributed by atoms with Crippen LogP contribution in [0, 0.1) is 88.3 Å². The molecule has 0 spiro atoms. The Bertz CT molecular complexity index is 2760. The molecule has 101 heavy (non-hydrogen) atoms. The average Bonchev–Trinajstić information content (AvgIpc) is 0.823. The fourth-order valence-electron chi connectivity index (χ4n) is 12.7. The van der Waals surface area contributed by atoms with Gasteiger partial charge < -0.3 is 68.6 Å². The first-order chi connectivity index (χ1) is 47.9. The van der Waals surface area contributed by atoms with E-state index in [1.54, 1.807) is 0 Å². The highest BCUT2D eigenvalue weighted by Crippen LogP contribution is 2.39. The van der Waals surface area contributed by atoms with Crippen LogP contribution in [0.1, 0.15) is 212 Å². The fourth-order valence-corrected chi connectivity index (χ4v) is 12.7. The molecule has 28 heteroatoms. The molecule has 3 aliphatic rings. The van der Waals surface area contributed by atoms with Gasteiger partial charge in [-0.15, -0.1) is 0 Å². The van der Waals surface area contributed by atoms with E-state index >= 15 is 0 Å². The number of nitrogens with one attached hydrogen (secondary N) is 4. The van der Waals surface area contributed by atoms with Crippen molar-refractivity contribution in [1.29, 1.82) is 0 Å². The minimum Gasteiger partial charge on any atom is -0.463 e. The summed E-state index contributed by atoms with van der Waals surface area (Å²) in [5.74, 6) is -17.4. The van der Waals surface area contributed by atoms with E-state index in [2.05, 4.69) is 81.4 Å². The number of esters is 4. The summed E-state index contributed by atoms with van der Waals surface area (Å²) in [6, 6.07) is -1.04. The molecule has 1 aromatic carbocycles. The molecule has 4 amide bonds. The Hall–Kier alpha value is -5.94. The topological polar surface area (TPSA) is 294 Å². The minimum absolute atomic E-state index is 0.0811. The highest BCUT2D eigenvalue weighted by molar-refractivity contribution is 5.92. The van der Waals surface area contributed by atoms with Crippen molar-refractivity contribution in [3.05, 3.63) is 29.1 Å². The second-order valence-electron chi connectivity index (χ2n) is 27.9. The average molecular weight is 1450 g/mol. The molecule has 576 valence electrons. The molecule has 3 saturated heterocycles. The van der Waals surface area contributed by atoms with Gasteiger partial charge in [-0.3, -0.25) is 43.2 Å². The van der Waals surface area contributed by atoms with Crippen LogP contribution < -0.4 is 26.0 Å². The molecule has 8 unspecified atom stereocenters. The van der Waals surface area contributed by atoms with Crippen molar-refractivity contribution in [2.75, 3.05) is 59.3 Å². The third-order valence-electron chi connectivity index (χ3n) is 20.4. The molecule has 0 aromatic heterocycles. The largest absolute Gasteiger partial charge is 0.463 e. The van der Waals surface area contributed by atoms with E-state index in [0.29, 0.717) is 90.4 Å². The molecule has 0 saturated carbocycles. The minimum atomic E-state index is -2.43. The highest BCUT2D eigenvalue weighted by atomic mass is 19.2. The fraction of sp³-hybridized carbons (Fsp3) is 0.795. The van der Waals surface area contributed by atoms with Gasteiger partial charge in [-0.25, -0.2) is 13.2 Å². The van der Waals surface area contributed by atoms with E-state index in [-0.39, 0.29) is 186 Å². The first kappa shape index (κ1) is 87.5. The van der Waals surface area contributed by atoms with E-state index in [1.807, 2.05) is 6.92 Å². The first-order valence-electron chi connectivity index (χ1n) is 36.5. The number of hydrogen-bond acceptors (Lipinski definition) is 19. The Morgan fingerprint density at radius 2 is 0.762 bits per heavy atom. The number of hydrogen-bond donors (Lipinski definition) is 4. The quantitative estimate of drug-likeness (QED) is 0.00897. The lowest BCUT2D eigenvalue weighted by atomic mass is 9.79. The van der Waals surface area contributed by atoms with E-state index in [0.717, 1.165) is 6.42 Å². The van der Waals surface area contributed by atoms with E-state index in [4.69, 9.17) is 42.6 Å². The molecule has 23 nitrogen and oxygen atoms in total. The predicted molar refractivity (Wildman–Crippen MR) is 360 cm³/mol. The molecule has 3 aliphatic heterocycles. The zero-order chi connectivity index (χ0) is 74.9. The molecule has 0 radical (unpaired) electrons. The number of amides is 4. The van der Waals surface area contributed by atoms with Gasteiger partial charge in [0.1, 0.15) is 19.8 Å². The van der Waals surface area contributed by atoms with Gasteiger partial charge in [0.25, 0.3) is 0 Å². The zero-order valence-corrected chi connectivity index (χ0v) is 61.5. The molecule has 17 atom stereocenters. The number of rotatable bonds is 46. The van der Waals surface area contributed by atoms with Gasteiger partial charge in [0, 0.05) is 116 Å². The van der Waals surface area contributed by atoms with E-state index < -0.39 is 95.7 Å². The smallest absolute Gasteiger partial charge is 0.311 e. The van der Waals surface area contributed by atoms with Crippen LogP contribution in [-0.2, 0) is 85.8 Å². The Balaban J connectivity index is 1.35. The van der Waals surface area contributed by atoms with Crippen molar-refractivity contribution in [1.82, 2.24) is 21.3 Å². The molecular formula is C73H115F5N4O19. The first-order valence-corrected chi connectivity index (χ1v) is 36.5. The number of ether oxygens (including phenoxy) is 10. The van der Waals surface area contributed by atoms with Crippen LogP contribution in [0.2, 0.25) is 0 Å². The SMILES string of the molecule is CC(=O)OCC1O[C@@H](OCCCCCCC(=O)NC(CCCCNC(=O)CCCCO[C@@H]2OC(COC(C)=O)[C@H](C)[C@H](C)C2C)C(=O)CC(CCCCNC(=O)CCCCO[C@@H]2OC(COC(C)=O)[C@H](C)[C@H](C)C2C)C(=O)NCCCC(=O)Oc2c(F)c(F)c(F)c(F)c2F)C(C)[C@@H](C)[C@H]1C. The summed E-state index contributed by atoms with van der Waals surface area (Å²) < 4.78 is 127. The Labute approximate surface area is 592 Å². The summed E-state index contributed by atoms with van der Waals surface area (Å²) in [6.45, 7) is 24.5. The van der Waals surface area contributed by atoms with Gasteiger partial charge in [0.15, 0.2) is 24.7 Å². The number of ketones is 1. The molecular weight excluding hydrogens is 1330 g/mol. The predicted octanol–water partition coefficient (Wildman–Crippen LogP) is 10.7. The van der Waals surface area contributed by atoms with Crippen LogP contribution >= 0.6 is 0 Å². The van der Waals surface area contributed by atoms with Gasteiger partial charge in [0.05, 0.1) is 24.4 Å². The van der Waals surface area contributed by atoms with Crippen LogP contribution in [0.5, 0.6) is 5.75 Å². The monoisotopic (exact) mass is 1450 g/mol. The number of benzene rings is 1. The number of carbonyl (C=O) groups is 9. The van der Waals surface area contributed by atoms with Crippen molar-refractivity contribution in [2.24, 2.45) is 59.2 Å². The van der Waals surface area contributed by atoms with Gasteiger partial charge in [-0.1, -0.05) is 81.6 Å². The maximum Gasteiger partial charge on any atom is 0.311 e. The lowest BCUT2D eigenvalue weighted by molar-refractivity contribution is -0.255. The zero-order valence-electron chi connectivity index (χ0n) is 61.5. The lowest BCUT2D eigenvalue weighted by Gasteiger charge is -2.43. The summed E-state index contributed by atoms with van der Waals surface area (Å²) in [7, 11) is 0. The molecule has 3 fully saturated rings. The standard InChI is InChI=1S/C73H115F5N4O19/c1-42-45(4)57(39-95-51(10)83)98-71(48(42)7)92-35-22-14-13-15-30-62(89)82-55(27-17-21-33-80-61(88)29-19-24-37-94-73-50(9)44(3)47(6)59(100-73)41-97-53(12)85)56(86)38-54(70(91)81-34-25-31-63(90)101-69-67(77)65(75)64(74)66(76)68(69)78)26-16-20-32-79-60(87)28-18-23-36-93-72-49(8)43(2)46(5)58(99-72)40-96-52(11)84/h42-50,54-55,57-59,71-73H,13-41H2,1-12H3,(H,79,87)(H,80,88)(H,81,91)(H,82,89)/t42-,43-,44-,45+,46+,47+,48?,49?,50?,54?,55?,57?,58?,59?,71+,72+,73+/m0/s1. The van der Waals surface area contributed by atoms with Crippen LogP contribution in [0.3, 0.4) is 0 Å². The Morgan fingerprint density at radius 1 is 0.396 bits per heavy atom. The van der Waals surface area contributed by atoms with Crippen molar-refractivity contribution < 1.29 is 112 Å². The number of carbonyl (C=O) groups excluding carboxylic acids is 9. The second-order valence-corrected chi connectivity index (χ2v) is 27.9. The Kier molecular flexibility index (Phi) is 39.8. The highest BCUT2D eigenvalue weighted by Gasteiger charge is 2.43. The normalized spacial score (nSPS) is 25.6. The van der Waals surface area contributed by atoms with Gasteiger partial charge >= 0.3 is 23.9 Å². The number of Topliss-reactive ketones (excluding diaryl/α,β-unsaturated/α-hetero) is 1. The maximum absolute atomic E-state index is 14.5. The molecule has 0 bridgehead atoms. The maximum atomic E-state index is 14.5. The van der Waals surface area contributed by atoms with Crippen molar-refractivity contribution >= 4 is 53.3 Å². The van der Waals surface area contributed by atoms with E-state index in [1.165, 1.54) is 20.8 Å². The molecule has 0 aliphatic carbocycles. The van der Waals surface area contributed by atoms with Gasteiger partial charge in [-0.05, 0) is 113 Å². The third kappa shape index (κ3) is 30.4. The summed E-state index contributed by atoms with van der Waals surface area (Å²) in [5.41, 5.74) is 0. The second kappa shape index (κ2) is 46.0. The Morgan fingerprint density at radius 3 is 1.19 bits per heavy atom. The van der Waals surface area contributed by atoms with Gasteiger partial charge in [-0.2, -0.15) is 8.78 Å². The molecule has 4 N–H and O–H groups in total. The number of unbranched alkanes of at least 4 members (excludes halogenated alkanes) is 7. The van der Waals surface area contributed by atoms with Crippen LogP contribution in [0.4, 0.5) is 22.0 Å². The lowest BCUT2D eigenvalue weighted by Crippen LogP contribution is -2.47. The van der Waals surface area contributed by atoms with Crippen molar-refractivity contribution in [3.8, 4) is 5.75 Å². The number of halogens is 5. The molecule has 3 heterocycles.